The normalized spacial score (nSPS) is 10.7. The molecule has 120 valence electrons. The zero-order valence-electron chi connectivity index (χ0n) is 12.7. The summed E-state index contributed by atoms with van der Waals surface area (Å²) in [6.45, 7) is 0. The molecule has 0 heterocycles. The van der Waals surface area contributed by atoms with Crippen molar-refractivity contribution in [2.24, 2.45) is 0 Å². The third-order valence-electron chi connectivity index (χ3n) is 3.90. The Kier molecular flexibility index (Phi) is 4.16. The molecule has 0 radical (unpaired) electrons. The van der Waals surface area contributed by atoms with E-state index in [1.54, 1.807) is 66.7 Å². The highest BCUT2D eigenvalue weighted by molar-refractivity contribution is 5.53. The highest BCUT2D eigenvalue weighted by Crippen LogP contribution is 2.37. The highest BCUT2D eigenvalue weighted by Gasteiger charge is 2.24. The van der Waals surface area contributed by atoms with Crippen molar-refractivity contribution in [3.05, 3.63) is 99.6 Å². The Hall–Kier alpha value is -3.34. The lowest BCUT2D eigenvalue weighted by atomic mass is 9.84. The van der Waals surface area contributed by atoms with Gasteiger partial charge in [-0.1, -0.05) is 42.5 Å². The van der Waals surface area contributed by atoms with Crippen molar-refractivity contribution in [2.45, 2.75) is 5.92 Å². The van der Waals surface area contributed by atoms with Crippen LogP contribution in [0.1, 0.15) is 22.6 Å². The van der Waals surface area contributed by atoms with E-state index in [1.165, 1.54) is 6.07 Å². The second-order valence-corrected chi connectivity index (χ2v) is 5.43. The first kappa shape index (κ1) is 15.6. The lowest BCUT2D eigenvalue weighted by molar-refractivity contribution is -0.385. The smallest absolute Gasteiger partial charge is 0.273 e. The lowest BCUT2D eigenvalue weighted by Crippen LogP contribution is -2.06. The summed E-state index contributed by atoms with van der Waals surface area (Å²) >= 11 is 0. The first-order chi connectivity index (χ1) is 11.6. The van der Waals surface area contributed by atoms with E-state index in [1.807, 2.05) is 0 Å². The maximum Gasteiger partial charge on any atom is 0.273 e. The van der Waals surface area contributed by atoms with E-state index >= 15 is 0 Å². The second-order valence-electron chi connectivity index (χ2n) is 5.43. The van der Waals surface area contributed by atoms with Gasteiger partial charge in [0.2, 0.25) is 0 Å². The Bertz CT molecular complexity index is 812. The van der Waals surface area contributed by atoms with Gasteiger partial charge in [-0.2, -0.15) is 0 Å². The van der Waals surface area contributed by atoms with Gasteiger partial charge in [-0.05, 0) is 35.4 Å². The average molecular weight is 321 g/mol. The van der Waals surface area contributed by atoms with E-state index < -0.39 is 4.92 Å². The molecular formula is C19H15NO4. The molecule has 0 aliphatic heterocycles. The molecule has 3 aromatic rings. The van der Waals surface area contributed by atoms with Gasteiger partial charge in [0.25, 0.3) is 5.69 Å². The fourth-order valence-electron chi connectivity index (χ4n) is 2.78. The third kappa shape index (κ3) is 3.05. The number of benzene rings is 3. The Morgan fingerprint density at radius 3 is 1.67 bits per heavy atom. The molecule has 24 heavy (non-hydrogen) atoms. The number of para-hydroxylation sites is 1. The van der Waals surface area contributed by atoms with Gasteiger partial charge in [-0.25, -0.2) is 0 Å². The Morgan fingerprint density at radius 1 is 0.750 bits per heavy atom. The third-order valence-corrected chi connectivity index (χ3v) is 3.90. The fraction of sp³-hybridized carbons (Fsp3) is 0.0526. The van der Waals surface area contributed by atoms with Crippen LogP contribution in [0.3, 0.4) is 0 Å². The van der Waals surface area contributed by atoms with Crippen LogP contribution in [0.4, 0.5) is 5.69 Å². The van der Waals surface area contributed by atoms with Crippen molar-refractivity contribution >= 4 is 5.69 Å². The summed E-state index contributed by atoms with van der Waals surface area (Å²) in [6, 6.07) is 19.8. The van der Waals surface area contributed by atoms with Gasteiger partial charge < -0.3 is 10.2 Å². The van der Waals surface area contributed by atoms with Crippen molar-refractivity contribution in [1.82, 2.24) is 0 Å². The number of aromatic hydroxyl groups is 2. The molecule has 3 rings (SSSR count). The zero-order chi connectivity index (χ0) is 17.1. The summed E-state index contributed by atoms with van der Waals surface area (Å²) in [5.41, 5.74) is 2.21. The van der Waals surface area contributed by atoms with E-state index in [0.717, 1.165) is 11.1 Å². The van der Waals surface area contributed by atoms with Gasteiger partial charge in [0.15, 0.2) is 0 Å². The van der Waals surface area contributed by atoms with Crippen molar-refractivity contribution in [3.63, 3.8) is 0 Å². The second kappa shape index (κ2) is 6.42. The van der Waals surface area contributed by atoms with Crippen LogP contribution in [0.5, 0.6) is 11.5 Å². The summed E-state index contributed by atoms with van der Waals surface area (Å²) in [5, 5.41) is 30.5. The summed E-state index contributed by atoms with van der Waals surface area (Å²) in [4.78, 5) is 11.0. The predicted molar refractivity (Wildman–Crippen MR) is 90.3 cm³/mol. The first-order valence-electron chi connectivity index (χ1n) is 7.37. The molecule has 5 nitrogen and oxygen atoms in total. The summed E-state index contributed by atoms with van der Waals surface area (Å²) in [7, 11) is 0. The van der Waals surface area contributed by atoms with Crippen LogP contribution < -0.4 is 0 Å². The molecular weight excluding hydrogens is 306 g/mol. The van der Waals surface area contributed by atoms with Gasteiger partial charge in [-0.15, -0.1) is 0 Å². The van der Waals surface area contributed by atoms with Crippen LogP contribution in [0.15, 0.2) is 72.8 Å². The van der Waals surface area contributed by atoms with Crippen LogP contribution in [-0.4, -0.2) is 15.1 Å². The molecule has 0 aromatic heterocycles. The number of phenols is 2. The summed E-state index contributed by atoms with van der Waals surface area (Å²) in [6.07, 6.45) is 0. The Balaban J connectivity index is 2.21. The van der Waals surface area contributed by atoms with Gasteiger partial charge in [0.05, 0.1) is 4.92 Å². The first-order valence-corrected chi connectivity index (χ1v) is 7.37. The van der Waals surface area contributed by atoms with E-state index in [-0.39, 0.29) is 23.1 Å². The molecule has 0 aliphatic rings. The molecule has 0 amide bonds. The van der Waals surface area contributed by atoms with E-state index in [4.69, 9.17) is 0 Å². The van der Waals surface area contributed by atoms with E-state index in [2.05, 4.69) is 0 Å². The molecule has 0 fully saturated rings. The van der Waals surface area contributed by atoms with Crippen LogP contribution in [0.2, 0.25) is 0 Å². The summed E-state index contributed by atoms with van der Waals surface area (Å²) < 4.78 is 0. The summed E-state index contributed by atoms with van der Waals surface area (Å²) in [5.74, 6) is -0.121. The van der Waals surface area contributed by atoms with Crippen LogP contribution in [0, 0.1) is 10.1 Å². The van der Waals surface area contributed by atoms with Crippen molar-refractivity contribution in [3.8, 4) is 11.5 Å². The largest absolute Gasteiger partial charge is 0.508 e. The molecule has 0 bridgehead atoms. The molecule has 0 spiro atoms. The Labute approximate surface area is 138 Å². The minimum atomic E-state index is -0.400. The SMILES string of the molecule is O=[N+]([O-])c1ccccc1C(c1ccc(O)cc1)c1ccc(O)cc1. The number of nitro benzene ring substituents is 1. The van der Waals surface area contributed by atoms with Crippen molar-refractivity contribution in [1.29, 1.82) is 0 Å². The number of nitro groups is 1. The minimum absolute atomic E-state index is 0.0312. The molecule has 0 unspecified atom stereocenters. The number of rotatable bonds is 4. The van der Waals surface area contributed by atoms with E-state index in [0.29, 0.717) is 5.56 Å². The quantitative estimate of drug-likeness (QED) is 0.429. The number of hydrogen-bond donors (Lipinski definition) is 2. The maximum absolute atomic E-state index is 11.4. The molecule has 5 heteroatoms. The van der Waals surface area contributed by atoms with Crippen LogP contribution in [0.25, 0.3) is 0 Å². The fourth-order valence-corrected chi connectivity index (χ4v) is 2.78. The van der Waals surface area contributed by atoms with Gasteiger partial charge in [0, 0.05) is 17.5 Å². The topological polar surface area (TPSA) is 83.6 Å². The standard InChI is InChI=1S/C19H15NO4/c21-15-9-5-13(6-10-15)19(14-7-11-16(22)12-8-14)17-3-1-2-4-18(17)20(23)24/h1-12,19,21-22H. The van der Waals surface area contributed by atoms with Gasteiger partial charge >= 0.3 is 0 Å². The average Bonchev–Trinajstić information content (AvgIpc) is 2.59. The molecule has 3 aromatic carbocycles. The van der Waals surface area contributed by atoms with Gasteiger partial charge in [0.1, 0.15) is 11.5 Å². The zero-order valence-corrected chi connectivity index (χ0v) is 12.7. The maximum atomic E-state index is 11.4. The van der Waals surface area contributed by atoms with Crippen molar-refractivity contribution in [2.75, 3.05) is 0 Å². The molecule has 0 saturated heterocycles. The van der Waals surface area contributed by atoms with E-state index in [9.17, 15) is 20.3 Å². The molecule has 0 atom stereocenters. The Morgan fingerprint density at radius 2 is 1.21 bits per heavy atom. The number of nitrogens with zero attached hydrogens (tertiary/aromatic N) is 1. The number of phenolic OH excluding ortho intramolecular Hbond substituents is 2. The molecule has 0 saturated carbocycles. The predicted octanol–water partition coefficient (Wildman–Crippen LogP) is 4.19. The number of hydrogen-bond acceptors (Lipinski definition) is 4. The van der Waals surface area contributed by atoms with Crippen LogP contribution in [-0.2, 0) is 0 Å². The lowest BCUT2D eigenvalue weighted by Gasteiger charge is -2.19. The highest BCUT2D eigenvalue weighted by atomic mass is 16.6. The molecule has 2 N–H and O–H groups in total. The van der Waals surface area contributed by atoms with Crippen molar-refractivity contribution < 1.29 is 15.1 Å². The monoisotopic (exact) mass is 321 g/mol. The van der Waals surface area contributed by atoms with Crippen LogP contribution >= 0.6 is 0 Å². The minimum Gasteiger partial charge on any atom is -0.508 e. The molecule has 0 aliphatic carbocycles. The van der Waals surface area contributed by atoms with Gasteiger partial charge in [-0.3, -0.25) is 10.1 Å².